The quantitative estimate of drug-likeness (QED) is 0.0437. The maximum atomic E-state index is 14.3. The maximum absolute atomic E-state index is 14.3. The van der Waals surface area contributed by atoms with E-state index in [2.05, 4.69) is 34.0 Å². The molecule has 4 N–H and O–H groups in total. The Morgan fingerprint density at radius 2 is 1.75 bits per heavy atom. The number of carbonyl (C=O) groups is 4. The number of methoxy groups -OCH3 is 1. The first kappa shape index (κ1) is 64.4. The van der Waals surface area contributed by atoms with Gasteiger partial charge in [0.1, 0.15) is 41.0 Å². The number of aliphatic carboxylic acids is 1. The second-order valence-electron chi connectivity index (χ2n) is 16.9. The fourth-order valence-electron chi connectivity index (χ4n) is 6.90. The zero-order valence-corrected chi connectivity index (χ0v) is 46.5. The van der Waals surface area contributed by atoms with Gasteiger partial charge in [0.05, 0.1) is 52.3 Å². The van der Waals surface area contributed by atoms with Gasteiger partial charge < -0.3 is 44.2 Å². The van der Waals surface area contributed by atoms with Crippen molar-refractivity contribution in [1.82, 2.24) is 14.7 Å². The largest absolute Gasteiger partial charge is 0.480 e. The van der Waals surface area contributed by atoms with E-state index in [1.54, 1.807) is 52.0 Å². The molecule has 0 spiro atoms. The van der Waals surface area contributed by atoms with Crippen molar-refractivity contribution in [3.8, 4) is 11.3 Å². The Balaban J connectivity index is 0.000000341. The van der Waals surface area contributed by atoms with Crippen molar-refractivity contribution in [2.75, 3.05) is 43.9 Å². The standard InChI is InChI=1S/C15H12BrClF4N2O2.C15H22ClNO2.C11H13Cl2NO3.C5H12NO4P/c1-6(2)25-14(24)7-4-8(10(18)5-9(7)17)12-11(16)13(15(19,20)21)23(3)22-12;1-5-13-8-6-7-11(2)15(13)17(14(18)9-16)12(3)10-19-4;1-11(2)14(10(15)9(12)13)6-8(17-11)7-4-3-5-16-7;1-11(9,10)3-2-4(6)5(7)8/h4-6H,1-3H3;6-8,12H,5,9-10H2,1-4H3;3-5,8-9H,6H2,1-2H3;4H,2-3,6H2,1H3,(H,7,8)(H,9,10). The van der Waals surface area contributed by atoms with Gasteiger partial charge >= 0.3 is 18.1 Å². The fourth-order valence-corrected chi connectivity index (χ4v) is 9.02. The molecule has 1 saturated heterocycles. The molecule has 4 aromatic rings. The molecule has 0 aliphatic carbocycles. The van der Waals surface area contributed by atoms with Crippen LogP contribution in [-0.4, -0.2) is 116 Å². The van der Waals surface area contributed by atoms with E-state index in [-0.39, 0.29) is 64.3 Å². The molecule has 0 bridgehead atoms. The summed E-state index contributed by atoms with van der Waals surface area (Å²) < 4.78 is 85.5. The minimum atomic E-state index is -4.69. The number of carbonyl (C=O) groups excluding carboxylic acids is 3. The van der Waals surface area contributed by atoms with Gasteiger partial charge in [-0.25, -0.2) is 9.18 Å². The molecule has 1 aliphatic heterocycles. The highest BCUT2D eigenvalue weighted by Gasteiger charge is 2.45. The van der Waals surface area contributed by atoms with Crippen molar-refractivity contribution in [3.05, 3.63) is 92.2 Å². The molecule has 0 saturated carbocycles. The second-order valence-corrected chi connectivity index (χ2v) is 22.0. The van der Waals surface area contributed by atoms with Crippen LogP contribution in [0.15, 0.2) is 57.6 Å². The van der Waals surface area contributed by atoms with E-state index in [1.807, 2.05) is 32.0 Å². The predicted molar refractivity (Wildman–Crippen MR) is 272 cm³/mol. The third-order valence-corrected chi connectivity index (χ3v) is 13.0. The normalized spacial score (nSPS) is 15.8. The number of alkyl halides is 6. The van der Waals surface area contributed by atoms with Gasteiger partial charge in [-0.1, -0.05) is 59.9 Å². The highest BCUT2D eigenvalue weighted by Crippen LogP contribution is 2.42. The number of hydrogen-bond acceptors (Lipinski definition) is 11. The first-order chi connectivity index (χ1) is 33.2. The van der Waals surface area contributed by atoms with Crippen LogP contribution < -0.4 is 10.6 Å². The topological polar surface area (TPSA) is 217 Å². The number of aryl methyl sites for hydroxylation is 3. The zero-order valence-electron chi connectivity index (χ0n) is 41.0. The number of hydrogen-bond donors (Lipinski definition) is 3. The summed E-state index contributed by atoms with van der Waals surface area (Å²) in [6.45, 7) is 14.9. The van der Waals surface area contributed by atoms with Crippen LogP contribution in [0.4, 0.5) is 23.2 Å². The lowest BCUT2D eigenvalue weighted by atomic mass is 10.0. The third kappa shape index (κ3) is 18.6. The molecule has 26 heteroatoms. The summed E-state index contributed by atoms with van der Waals surface area (Å²) in [7, 11) is -0.383. The van der Waals surface area contributed by atoms with Gasteiger partial charge in [0.15, 0.2) is 17.9 Å². The summed E-state index contributed by atoms with van der Waals surface area (Å²) in [5.41, 5.74) is 5.70. The summed E-state index contributed by atoms with van der Waals surface area (Å²) in [6, 6.07) is 10.5. The van der Waals surface area contributed by atoms with Gasteiger partial charge in [0.2, 0.25) is 5.91 Å². The highest BCUT2D eigenvalue weighted by molar-refractivity contribution is 9.10. The van der Waals surface area contributed by atoms with E-state index < -0.39 is 64.2 Å². The zero-order chi connectivity index (χ0) is 55.2. The van der Waals surface area contributed by atoms with Gasteiger partial charge in [0.25, 0.3) is 5.91 Å². The lowest BCUT2D eigenvalue weighted by Gasteiger charge is -2.31. The molecule has 2 aromatic heterocycles. The fraction of sp³-hybridized carbons (Fsp3) is 0.500. The van der Waals surface area contributed by atoms with Crippen LogP contribution >= 0.6 is 69.7 Å². The monoisotopic (exact) mass is 1180 g/mol. The maximum Gasteiger partial charge on any atom is 0.434 e. The van der Waals surface area contributed by atoms with E-state index >= 15 is 0 Å². The number of carboxylic acids is 1. The number of halogens is 9. The average molecular weight is 1190 g/mol. The van der Waals surface area contributed by atoms with Crippen molar-refractivity contribution in [1.29, 1.82) is 0 Å². The molecule has 1 aliphatic rings. The van der Waals surface area contributed by atoms with Crippen molar-refractivity contribution in [2.24, 2.45) is 12.8 Å². The number of amides is 2. The number of carboxylic acid groups (broad SMARTS) is 1. The van der Waals surface area contributed by atoms with Crippen LogP contribution in [-0.2, 0) is 52.8 Å². The molecule has 16 nitrogen and oxygen atoms in total. The smallest absolute Gasteiger partial charge is 0.434 e. The number of nitrogens with zero attached hydrogens (tertiary/aromatic N) is 4. The molecule has 402 valence electrons. The summed E-state index contributed by atoms with van der Waals surface area (Å²) in [5, 5.41) is 11.8. The number of nitrogens with two attached hydrogens (primary N) is 1. The van der Waals surface area contributed by atoms with Crippen LogP contribution in [0.25, 0.3) is 11.3 Å². The molecule has 0 radical (unpaired) electrons. The molecular formula is C46H59BrCl4F4N5O11P. The summed E-state index contributed by atoms with van der Waals surface area (Å²) in [5.74, 6) is -2.65. The van der Waals surface area contributed by atoms with Crippen LogP contribution in [0, 0.1) is 12.7 Å². The second kappa shape index (κ2) is 28.2. The highest BCUT2D eigenvalue weighted by atomic mass is 79.9. The van der Waals surface area contributed by atoms with E-state index in [0.717, 1.165) is 42.4 Å². The minimum Gasteiger partial charge on any atom is -0.480 e. The number of anilines is 1. The Morgan fingerprint density at radius 1 is 1.12 bits per heavy atom. The Morgan fingerprint density at radius 3 is 2.22 bits per heavy atom. The summed E-state index contributed by atoms with van der Waals surface area (Å²) >= 11 is 25.6. The number of esters is 1. The number of para-hydroxylation sites is 1. The Labute approximate surface area is 443 Å². The van der Waals surface area contributed by atoms with Gasteiger partial charge in [-0.3, -0.25) is 23.6 Å². The number of furan rings is 1. The molecule has 4 atom stereocenters. The van der Waals surface area contributed by atoms with E-state index in [1.165, 1.54) is 11.6 Å². The lowest BCUT2D eigenvalue weighted by Crippen LogP contribution is -2.45. The third-order valence-electron chi connectivity index (χ3n) is 10.2. The summed E-state index contributed by atoms with van der Waals surface area (Å²) in [4.78, 5) is 57.1. The predicted octanol–water partition coefficient (Wildman–Crippen LogP) is 10.8. The van der Waals surface area contributed by atoms with Crippen molar-refractivity contribution < 1.29 is 69.9 Å². The molecule has 4 unspecified atom stereocenters. The number of benzene rings is 2. The summed E-state index contributed by atoms with van der Waals surface area (Å²) in [6.07, 6.45) is -2.97. The van der Waals surface area contributed by atoms with Crippen LogP contribution in [0.3, 0.4) is 0 Å². The van der Waals surface area contributed by atoms with Gasteiger partial charge in [0, 0.05) is 32.5 Å². The number of aromatic nitrogens is 2. The van der Waals surface area contributed by atoms with Crippen LogP contribution in [0.1, 0.15) is 87.0 Å². The average Bonchev–Trinajstić information content (AvgIpc) is 4.00. The van der Waals surface area contributed by atoms with E-state index in [4.69, 9.17) is 80.8 Å². The van der Waals surface area contributed by atoms with Crippen molar-refractivity contribution >= 4 is 99.1 Å². The Kier molecular flexibility index (Phi) is 25.2. The van der Waals surface area contributed by atoms with E-state index in [0.29, 0.717) is 23.6 Å². The van der Waals surface area contributed by atoms with Crippen LogP contribution in [0.2, 0.25) is 5.02 Å². The van der Waals surface area contributed by atoms with Crippen molar-refractivity contribution in [2.45, 2.75) is 102 Å². The minimum absolute atomic E-state index is 0.0223. The number of rotatable bonds is 15. The first-order valence-corrected chi connectivity index (χ1v) is 26.6. The molecule has 5 rings (SSSR count). The van der Waals surface area contributed by atoms with Gasteiger partial charge in [-0.2, -0.15) is 18.3 Å². The van der Waals surface area contributed by atoms with Gasteiger partial charge in [-0.05, 0) is 106 Å². The SMILES string of the molecule is CC(C)OC(=O)c1cc(-c2nn(C)c(C(F)(F)F)c2Br)c(F)cc1Cl.CC1(C)OC(c2ccco2)CN1C(=O)C(Cl)Cl.CCc1cccc(C)c1N(C(=O)CCl)C(C)COC.CP(=O)(O)CCC(N)C(=O)O. The Bertz CT molecular complexity index is 2510. The molecule has 3 heterocycles. The molecule has 72 heavy (non-hydrogen) atoms. The number of ether oxygens (including phenoxy) is 3. The van der Waals surface area contributed by atoms with E-state index in [9.17, 15) is 41.3 Å². The molecular weight excluding hydrogens is 1130 g/mol. The lowest BCUT2D eigenvalue weighted by molar-refractivity contribution is -0.145. The molecule has 2 amide bonds. The Hall–Kier alpha value is -3.76. The van der Waals surface area contributed by atoms with Crippen molar-refractivity contribution in [3.63, 3.8) is 0 Å². The molecule has 1 fully saturated rings. The molecule has 2 aromatic carbocycles. The first-order valence-electron chi connectivity index (χ1n) is 21.8. The van der Waals surface area contributed by atoms with Crippen LogP contribution in [0.5, 0.6) is 0 Å². The van der Waals surface area contributed by atoms with Gasteiger partial charge in [-0.15, -0.1) is 11.6 Å².